The zero-order chi connectivity index (χ0) is 15.5. The largest absolute Gasteiger partial charge is 0.481 e. The topological polar surface area (TPSA) is 50.2 Å². The number of thiazole rings is 1. The molecule has 0 aliphatic carbocycles. The van der Waals surface area contributed by atoms with E-state index in [9.17, 15) is 4.79 Å². The van der Waals surface area contributed by atoms with Crippen molar-refractivity contribution in [2.45, 2.75) is 13.3 Å². The number of carboxylic acids is 1. The molecule has 4 heteroatoms. The van der Waals surface area contributed by atoms with Crippen LogP contribution in [-0.2, 0) is 11.2 Å². The standard InChI is InChI=1S/C18H15NO2S/c1-12-7-9-13(10-8-12)17-15(11-16(20)21)19-18(22-17)14-5-3-2-4-6-14/h2-10H,11H2,1H3,(H,20,21). The molecule has 3 nitrogen and oxygen atoms in total. The van der Waals surface area contributed by atoms with Crippen molar-refractivity contribution in [2.75, 3.05) is 0 Å². The molecule has 0 bridgehead atoms. The number of carboxylic acid groups (broad SMARTS) is 1. The molecule has 0 radical (unpaired) electrons. The Morgan fingerprint density at radius 1 is 1.05 bits per heavy atom. The van der Waals surface area contributed by atoms with Gasteiger partial charge in [0, 0.05) is 5.56 Å². The van der Waals surface area contributed by atoms with Crippen molar-refractivity contribution in [1.82, 2.24) is 4.98 Å². The molecule has 3 aromatic rings. The average Bonchev–Trinajstić information content (AvgIpc) is 2.92. The number of benzene rings is 2. The summed E-state index contributed by atoms with van der Waals surface area (Å²) in [5.41, 5.74) is 3.83. The minimum Gasteiger partial charge on any atom is -0.481 e. The zero-order valence-electron chi connectivity index (χ0n) is 12.1. The van der Waals surface area contributed by atoms with Crippen LogP contribution in [-0.4, -0.2) is 16.1 Å². The van der Waals surface area contributed by atoms with E-state index in [0.717, 1.165) is 21.0 Å². The predicted molar refractivity (Wildman–Crippen MR) is 89.1 cm³/mol. The highest BCUT2D eigenvalue weighted by molar-refractivity contribution is 7.18. The summed E-state index contributed by atoms with van der Waals surface area (Å²) in [6.45, 7) is 2.03. The number of aliphatic carboxylic acids is 1. The number of hydrogen-bond acceptors (Lipinski definition) is 3. The molecular weight excluding hydrogens is 294 g/mol. The van der Waals surface area contributed by atoms with Crippen LogP contribution in [0.5, 0.6) is 0 Å². The second-order valence-corrected chi connectivity index (χ2v) is 6.10. The Kier molecular flexibility index (Phi) is 4.02. The van der Waals surface area contributed by atoms with E-state index in [1.807, 2.05) is 61.5 Å². The van der Waals surface area contributed by atoms with E-state index in [1.54, 1.807) is 0 Å². The quantitative estimate of drug-likeness (QED) is 0.776. The fourth-order valence-corrected chi connectivity index (χ4v) is 3.34. The molecule has 0 amide bonds. The molecule has 0 saturated heterocycles. The first kappa shape index (κ1) is 14.5. The van der Waals surface area contributed by atoms with E-state index in [0.29, 0.717) is 5.69 Å². The van der Waals surface area contributed by atoms with E-state index >= 15 is 0 Å². The molecule has 110 valence electrons. The normalized spacial score (nSPS) is 10.6. The van der Waals surface area contributed by atoms with E-state index < -0.39 is 5.97 Å². The van der Waals surface area contributed by atoms with Crippen molar-refractivity contribution in [3.8, 4) is 21.0 Å². The highest BCUT2D eigenvalue weighted by Gasteiger charge is 2.16. The van der Waals surface area contributed by atoms with Crippen LogP contribution in [0.1, 0.15) is 11.3 Å². The van der Waals surface area contributed by atoms with Crippen molar-refractivity contribution in [3.05, 3.63) is 65.9 Å². The van der Waals surface area contributed by atoms with Gasteiger partial charge in [0.05, 0.1) is 17.0 Å². The van der Waals surface area contributed by atoms with Crippen molar-refractivity contribution in [3.63, 3.8) is 0 Å². The summed E-state index contributed by atoms with van der Waals surface area (Å²) in [4.78, 5) is 16.6. The Labute approximate surface area is 132 Å². The summed E-state index contributed by atoms with van der Waals surface area (Å²) in [6.07, 6.45) is -0.0630. The highest BCUT2D eigenvalue weighted by Crippen LogP contribution is 2.35. The maximum atomic E-state index is 11.1. The van der Waals surface area contributed by atoms with Gasteiger partial charge in [-0.2, -0.15) is 0 Å². The van der Waals surface area contributed by atoms with Gasteiger partial charge >= 0.3 is 5.97 Å². The maximum absolute atomic E-state index is 11.1. The van der Waals surface area contributed by atoms with Gasteiger partial charge in [-0.15, -0.1) is 11.3 Å². The Balaban J connectivity index is 2.09. The molecule has 3 rings (SSSR count). The van der Waals surface area contributed by atoms with Gasteiger partial charge in [-0.05, 0) is 12.5 Å². The lowest BCUT2D eigenvalue weighted by atomic mass is 10.1. The first-order valence-electron chi connectivity index (χ1n) is 6.97. The first-order valence-corrected chi connectivity index (χ1v) is 7.79. The molecule has 0 aliphatic rings. The van der Waals surface area contributed by atoms with Crippen LogP contribution < -0.4 is 0 Å². The highest BCUT2D eigenvalue weighted by atomic mass is 32.1. The molecule has 0 atom stereocenters. The lowest BCUT2D eigenvalue weighted by Crippen LogP contribution is -2.01. The van der Waals surface area contributed by atoms with Crippen molar-refractivity contribution < 1.29 is 9.90 Å². The third-order valence-corrected chi connectivity index (χ3v) is 4.55. The van der Waals surface area contributed by atoms with Gasteiger partial charge in [-0.3, -0.25) is 4.79 Å². The fourth-order valence-electron chi connectivity index (χ4n) is 2.25. The second kappa shape index (κ2) is 6.12. The van der Waals surface area contributed by atoms with Crippen LogP contribution in [0.4, 0.5) is 0 Å². The number of carbonyl (C=O) groups is 1. The molecule has 22 heavy (non-hydrogen) atoms. The molecule has 1 N–H and O–H groups in total. The summed E-state index contributed by atoms with van der Waals surface area (Å²) in [6, 6.07) is 17.9. The average molecular weight is 309 g/mol. The number of rotatable bonds is 4. The molecule has 2 aromatic carbocycles. The zero-order valence-corrected chi connectivity index (χ0v) is 12.9. The number of hydrogen-bond donors (Lipinski definition) is 1. The predicted octanol–water partition coefficient (Wildman–Crippen LogP) is 4.41. The molecular formula is C18H15NO2S. The molecule has 0 aliphatic heterocycles. The van der Waals surface area contributed by atoms with Crippen LogP contribution in [0.25, 0.3) is 21.0 Å². The van der Waals surface area contributed by atoms with Crippen LogP contribution >= 0.6 is 11.3 Å². The first-order chi connectivity index (χ1) is 10.6. The number of nitrogens with zero attached hydrogens (tertiary/aromatic N) is 1. The molecule has 1 aromatic heterocycles. The Hall–Kier alpha value is -2.46. The second-order valence-electron chi connectivity index (χ2n) is 5.10. The van der Waals surface area contributed by atoms with E-state index in [-0.39, 0.29) is 6.42 Å². The van der Waals surface area contributed by atoms with Crippen molar-refractivity contribution in [2.24, 2.45) is 0 Å². The minimum absolute atomic E-state index is 0.0630. The molecule has 1 heterocycles. The Morgan fingerprint density at radius 2 is 1.73 bits per heavy atom. The van der Waals surface area contributed by atoms with E-state index in [4.69, 9.17) is 5.11 Å². The molecule has 0 saturated carbocycles. The molecule has 0 fully saturated rings. The van der Waals surface area contributed by atoms with Gasteiger partial charge in [-0.1, -0.05) is 60.2 Å². The minimum atomic E-state index is -0.863. The summed E-state index contributed by atoms with van der Waals surface area (Å²) in [5.74, 6) is -0.863. The van der Waals surface area contributed by atoms with Gasteiger partial charge in [0.1, 0.15) is 5.01 Å². The summed E-state index contributed by atoms with van der Waals surface area (Å²) in [7, 11) is 0. The smallest absolute Gasteiger partial charge is 0.309 e. The van der Waals surface area contributed by atoms with Crippen LogP contribution in [0, 0.1) is 6.92 Å². The van der Waals surface area contributed by atoms with Gasteiger partial charge in [0.2, 0.25) is 0 Å². The maximum Gasteiger partial charge on any atom is 0.309 e. The van der Waals surface area contributed by atoms with Gasteiger partial charge in [0.25, 0.3) is 0 Å². The third-order valence-electron chi connectivity index (χ3n) is 3.35. The molecule has 0 spiro atoms. The van der Waals surface area contributed by atoms with Crippen LogP contribution in [0.2, 0.25) is 0 Å². The fraction of sp³-hybridized carbons (Fsp3) is 0.111. The van der Waals surface area contributed by atoms with Crippen LogP contribution in [0.15, 0.2) is 54.6 Å². The third kappa shape index (κ3) is 3.07. The van der Waals surface area contributed by atoms with Crippen molar-refractivity contribution >= 4 is 17.3 Å². The summed E-state index contributed by atoms with van der Waals surface area (Å²) in [5, 5.41) is 9.98. The van der Waals surface area contributed by atoms with E-state index in [1.165, 1.54) is 16.9 Å². The SMILES string of the molecule is Cc1ccc(-c2sc(-c3ccccc3)nc2CC(=O)O)cc1. The van der Waals surface area contributed by atoms with Crippen molar-refractivity contribution in [1.29, 1.82) is 0 Å². The Morgan fingerprint density at radius 3 is 2.36 bits per heavy atom. The summed E-state index contributed by atoms with van der Waals surface area (Å²) < 4.78 is 0. The Bertz CT molecular complexity index is 792. The lowest BCUT2D eigenvalue weighted by molar-refractivity contribution is -0.136. The van der Waals surface area contributed by atoms with Gasteiger partial charge in [-0.25, -0.2) is 4.98 Å². The summed E-state index contributed by atoms with van der Waals surface area (Å²) >= 11 is 1.54. The monoisotopic (exact) mass is 309 g/mol. The number of aryl methyl sites for hydroxylation is 1. The van der Waals surface area contributed by atoms with Crippen LogP contribution in [0.3, 0.4) is 0 Å². The molecule has 0 unspecified atom stereocenters. The lowest BCUT2D eigenvalue weighted by Gasteiger charge is -2.01. The number of aromatic nitrogens is 1. The van der Waals surface area contributed by atoms with Gasteiger partial charge in [0.15, 0.2) is 0 Å². The van der Waals surface area contributed by atoms with Gasteiger partial charge < -0.3 is 5.11 Å². The van der Waals surface area contributed by atoms with E-state index in [2.05, 4.69) is 4.98 Å².